The van der Waals surface area contributed by atoms with Gasteiger partial charge in [-0.1, -0.05) is 53.7 Å². The Hall–Kier alpha value is -3.36. The van der Waals surface area contributed by atoms with E-state index in [0.29, 0.717) is 16.7 Å². The normalized spacial score (nSPS) is 10.7. The molecule has 6 nitrogen and oxygen atoms in total. The molecule has 0 saturated carbocycles. The zero-order chi connectivity index (χ0) is 22.5. The maximum absolute atomic E-state index is 13.3. The Morgan fingerprint density at radius 1 is 1.09 bits per heavy atom. The fourth-order valence-electron chi connectivity index (χ4n) is 3.00. The molecule has 1 amide bonds. The van der Waals surface area contributed by atoms with E-state index in [9.17, 15) is 9.18 Å². The number of methoxy groups -OCH3 is 1. The maximum atomic E-state index is 13.3. The van der Waals surface area contributed by atoms with E-state index in [2.05, 4.69) is 15.5 Å². The van der Waals surface area contributed by atoms with Gasteiger partial charge in [0.2, 0.25) is 5.91 Å². The second-order valence-electron chi connectivity index (χ2n) is 6.67. The molecule has 0 bridgehead atoms. The molecule has 0 fully saturated rings. The number of benzene rings is 3. The van der Waals surface area contributed by atoms with Gasteiger partial charge < -0.3 is 10.1 Å². The van der Waals surface area contributed by atoms with Crippen LogP contribution in [0.5, 0.6) is 5.75 Å². The summed E-state index contributed by atoms with van der Waals surface area (Å²) in [6.07, 6.45) is 0. The minimum atomic E-state index is -0.542. The second-order valence-corrected chi connectivity index (χ2v) is 8.02. The number of hydrogen-bond donors (Lipinski definition) is 1. The molecule has 1 aromatic heterocycles. The first kappa shape index (κ1) is 21.9. The highest BCUT2D eigenvalue weighted by Gasteiger charge is 2.17. The van der Waals surface area contributed by atoms with Crippen LogP contribution in [-0.2, 0) is 4.79 Å². The van der Waals surface area contributed by atoms with Crippen molar-refractivity contribution in [3.05, 3.63) is 83.6 Å². The zero-order valence-electron chi connectivity index (χ0n) is 17.0. The largest absolute Gasteiger partial charge is 0.497 e. The number of amides is 1. The maximum Gasteiger partial charge on any atom is 0.234 e. The van der Waals surface area contributed by atoms with Crippen LogP contribution in [0.25, 0.3) is 17.1 Å². The van der Waals surface area contributed by atoms with Crippen molar-refractivity contribution in [2.75, 3.05) is 18.2 Å². The van der Waals surface area contributed by atoms with E-state index in [1.807, 2.05) is 59.2 Å². The van der Waals surface area contributed by atoms with Gasteiger partial charge in [-0.15, -0.1) is 10.2 Å². The second kappa shape index (κ2) is 9.84. The summed E-state index contributed by atoms with van der Waals surface area (Å²) in [6.45, 7) is 0. The highest BCUT2D eigenvalue weighted by atomic mass is 35.5. The van der Waals surface area contributed by atoms with E-state index < -0.39 is 5.82 Å². The Labute approximate surface area is 193 Å². The predicted molar refractivity (Wildman–Crippen MR) is 124 cm³/mol. The number of carbonyl (C=O) groups excluding carboxylic acids is 1. The molecule has 3 aromatic carbocycles. The predicted octanol–water partition coefficient (Wildman–Crippen LogP) is 5.47. The van der Waals surface area contributed by atoms with Crippen molar-refractivity contribution < 1.29 is 13.9 Å². The highest BCUT2D eigenvalue weighted by Crippen LogP contribution is 2.29. The van der Waals surface area contributed by atoms with Crippen molar-refractivity contribution in [1.82, 2.24) is 14.8 Å². The summed E-state index contributed by atoms with van der Waals surface area (Å²) >= 11 is 7.02. The van der Waals surface area contributed by atoms with E-state index in [0.717, 1.165) is 17.0 Å². The molecule has 0 atom stereocenters. The highest BCUT2D eigenvalue weighted by molar-refractivity contribution is 7.99. The molecule has 0 radical (unpaired) electrons. The first-order chi connectivity index (χ1) is 15.5. The smallest absolute Gasteiger partial charge is 0.234 e. The SMILES string of the molecule is COc1ccc(-n2c(SCC(=O)Nc3ccc(F)c(Cl)c3)nnc2-c2ccccc2)cc1. The molecule has 1 heterocycles. The van der Waals surface area contributed by atoms with Gasteiger partial charge >= 0.3 is 0 Å². The van der Waals surface area contributed by atoms with Gasteiger partial charge in [0.05, 0.1) is 17.9 Å². The summed E-state index contributed by atoms with van der Waals surface area (Å²) in [5.74, 6) is 0.653. The van der Waals surface area contributed by atoms with Crippen LogP contribution in [0.2, 0.25) is 5.02 Å². The molecule has 0 saturated heterocycles. The van der Waals surface area contributed by atoms with E-state index in [-0.39, 0.29) is 16.7 Å². The van der Waals surface area contributed by atoms with Gasteiger partial charge in [-0.25, -0.2) is 4.39 Å². The lowest BCUT2D eigenvalue weighted by molar-refractivity contribution is -0.113. The first-order valence-corrected chi connectivity index (χ1v) is 10.9. The number of aromatic nitrogens is 3. The fraction of sp³-hybridized carbons (Fsp3) is 0.0870. The fourth-order valence-corrected chi connectivity index (χ4v) is 3.94. The van der Waals surface area contributed by atoms with Crippen LogP contribution in [0.1, 0.15) is 0 Å². The average Bonchev–Trinajstić information content (AvgIpc) is 3.25. The number of nitrogens with zero attached hydrogens (tertiary/aromatic N) is 3. The summed E-state index contributed by atoms with van der Waals surface area (Å²) < 4.78 is 20.5. The van der Waals surface area contributed by atoms with Gasteiger partial charge in [-0.3, -0.25) is 9.36 Å². The Balaban J connectivity index is 1.58. The van der Waals surface area contributed by atoms with Crippen molar-refractivity contribution in [1.29, 1.82) is 0 Å². The molecule has 32 heavy (non-hydrogen) atoms. The van der Waals surface area contributed by atoms with E-state index >= 15 is 0 Å². The summed E-state index contributed by atoms with van der Waals surface area (Å²) in [5, 5.41) is 11.9. The third-order valence-electron chi connectivity index (χ3n) is 4.53. The third-order valence-corrected chi connectivity index (χ3v) is 5.75. The van der Waals surface area contributed by atoms with Gasteiger partial charge in [-0.05, 0) is 42.5 Å². The summed E-state index contributed by atoms with van der Waals surface area (Å²) in [5.41, 5.74) is 2.15. The van der Waals surface area contributed by atoms with Crippen molar-refractivity contribution >= 4 is 35.0 Å². The number of thioether (sulfide) groups is 1. The van der Waals surface area contributed by atoms with Crippen LogP contribution in [0.15, 0.2) is 78.0 Å². The monoisotopic (exact) mass is 468 g/mol. The van der Waals surface area contributed by atoms with E-state index in [1.54, 1.807) is 7.11 Å². The zero-order valence-corrected chi connectivity index (χ0v) is 18.5. The first-order valence-electron chi connectivity index (χ1n) is 9.58. The Morgan fingerprint density at radius 3 is 2.53 bits per heavy atom. The minimum Gasteiger partial charge on any atom is -0.497 e. The van der Waals surface area contributed by atoms with Gasteiger partial charge in [0.15, 0.2) is 11.0 Å². The number of halogens is 2. The molecule has 1 N–H and O–H groups in total. The topological polar surface area (TPSA) is 69.0 Å². The van der Waals surface area contributed by atoms with Crippen molar-refractivity contribution in [2.24, 2.45) is 0 Å². The molecular formula is C23H18ClFN4O2S. The van der Waals surface area contributed by atoms with Crippen LogP contribution in [0, 0.1) is 5.82 Å². The van der Waals surface area contributed by atoms with Crippen LogP contribution in [0.3, 0.4) is 0 Å². The lowest BCUT2D eigenvalue weighted by atomic mass is 10.2. The Bertz CT molecular complexity index is 1230. The molecular weight excluding hydrogens is 451 g/mol. The summed E-state index contributed by atoms with van der Waals surface area (Å²) in [4.78, 5) is 12.4. The summed E-state index contributed by atoms with van der Waals surface area (Å²) in [6, 6.07) is 21.2. The third kappa shape index (κ3) is 4.92. The van der Waals surface area contributed by atoms with Crippen LogP contribution in [-0.4, -0.2) is 33.5 Å². The number of anilines is 1. The van der Waals surface area contributed by atoms with Crippen molar-refractivity contribution in [3.8, 4) is 22.8 Å². The van der Waals surface area contributed by atoms with E-state index in [4.69, 9.17) is 16.3 Å². The Kier molecular flexibility index (Phi) is 6.72. The lowest BCUT2D eigenvalue weighted by Crippen LogP contribution is -2.14. The van der Waals surface area contributed by atoms with Gasteiger partial charge in [0.25, 0.3) is 0 Å². The number of hydrogen-bond acceptors (Lipinski definition) is 5. The van der Waals surface area contributed by atoms with Crippen molar-refractivity contribution in [2.45, 2.75) is 5.16 Å². The van der Waals surface area contributed by atoms with Crippen LogP contribution in [0.4, 0.5) is 10.1 Å². The Morgan fingerprint density at radius 2 is 1.84 bits per heavy atom. The minimum absolute atomic E-state index is 0.0535. The standard InChI is InChI=1S/C23H18ClFN4O2S/c1-31-18-10-8-17(9-11-18)29-22(15-5-3-2-4-6-15)27-28-23(29)32-14-21(30)26-16-7-12-20(25)19(24)13-16/h2-13H,14H2,1H3,(H,26,30). The van der Waals surface area contributed by atoms with Crippen LogP contribution >= 0.6 is 23.4 Å². The molecule has 0 unspecified atom stereocenters. The number of rotatable bonds is 7. The number of ether oxygens (including phenoxy) is 1. The average molecular weight is 469 g/mol. The molecule has 0 aliphatic carbocycles. The van der Waals surface area contributed by atoms with Gasteiger partial charge in [0, 0.05) is 16.9 Å². The van der Waals surface area contributed by atoms with Crippen LogP contribution < -0.4 is 10.1 Å². The van der Waals surface area contributed by atoms with Gasteiger partial charge in [0.1, 0.15) is 11.6 Å². The van der Waals surface area contributed by atoms with E-state index in [1.165, 1.54) is 30.0 Å². The number of carbonyl (C=O) groups is 1. The van der Waals surface area contributed by atoms with Crippen molar-refractivity contribution in [3.63, 3.8) is 0 Å². The lowest BCUT2D eigenvalue weighted by Gasteiger charge is -2.11. The molecule has 9 heteroatoms. The molecule has 0 spiro atoms. The molecule has 4 aromatic rings. The number of nitrogens with one attached hydrogen (secondary N) is 1. The molecule has 4 rings (SSSR count). The van der Waals surface area contributed by atoms with Gasteiger partial charge in [-0.2, -0.15) is 0 Å². The molecule has 0 aliphatic rings. The summed E-state index contributed by atoms with van der Waals surface area (Å²) in [7, 11) is 1.61. The molecule has 162 valence electrons. The quantitative estimate of drug-likeness (QED) is 0.364. The molecule has 0 aliphatic heterocycles.